The molecule has 17 heteroatoms. The Bertz CT molecular complexity index is 1980. The first-order valence-electron chi connectivity index (χ1n) is 17.8. The number of nitrogens with one attached hydrogen (secondary N) is 1. The molecule has 5 heterocycles. The van der Waals surface area contributed by atoms with Crippen LogP contribution in [-0.2, 0) is 20.5 Å². The number of pyridine rings is 1. The molecule has 3 aliphatic rings. The predicted molar refractivity (Wildman–Crippen MR) is 198 cm³/mol. The molecule has 4 aromatic rings. The summed E-state index contributed by atoms with van der Waals surface area (Å²) < 4.78 is 12.5. The van der Waals surface area contributed by atoms with Crippen LogP contribution in [0.5, 0.6) is 5.75 Å². The molecule has 0 spiro atoms. The molecule has 3 fully saturated rings. The number of hydrogen-bond acceptors (Lipinski definition) is 10. The van der Waals surface area contributed by atoms with Gasteiger partial charge in [0.15, 0.2) is 6.04 Å². The summed E-state index contributed by atoms with van der Waals surface area (Å²) in [5.74, 6) is -0.812. The Labute approximate surface area is 322 Å². The standard InChI is InChI=1S/C37H41Cl2N9O6/c1-53-32-7-5-27(48-24-41-43-44-48)20-28(32)33(49)46-16-9-36(23-46,25-4-6-29(38)30(39)19-25)8-13-45-14-10-37(11-15-45,26-3-2-12-40-21-26)42-35(52)47-17-18-54-22-31(47)34(50)51/h2-7,12,19-21,24,31H,8-11,13-18,22-23H2,1H3,(H,42,52)(H,50,51). The van der Waals surface area contributed by atoms with Crippen molar-refractivity contribution in [3.05, 3.63) is 94.0 Å². The van der Waals surface area contributed by atoms with Crippen LogP contribution in [-0.4, -0.2) is 129 Å². The highest BCUT2D eigenvalue weighted by Gasteiger charge is 2.45. The van der Waals surface area contributed by atoms with Crippen LogP contribution in [0.1, 0.15) is 47.2 Å². The molecule has 0 aliphatic carbocycles. The van der Waals surface area contributed by atoms with Crippen LogP contribution in [0, 0.1) is 0 Å². The third-order valence-corrected chi connectivity index (χ3v) is 11.8. The number of carbonyl (C=O) groups excluding carboxylic acids is 2. The highest BCUT2D eigenvalue weighted by molar-refractivity contribution is 6.42. The van der Waals surface area contributed by atoms with Crippen molar-refractivity contribution < 1.29 is 29.0 Å². The van der Waals surface area contributed by atoms with E-state index >= 15 is 0 Å². The monoisotopic (exact) mass is 777 g/mol. The van der Waals surface area contributed by atoms with E-state index in [4.69, 9.17) is 32.7 Å². The molecular weight excluding hydrogens is 737 g/mol. The minimum atomic E-state index is -1.10. The first-order chi connectivity index (χ1) is 26.1. The molecule has 0 bridgehead atoms. The number of urea groups is 1. The second-order valence-electron chi connectivity index (χ2n) is 14.0. The highest BCUT2D eigenvalue weighted by atomic mass is 35.5. The molecule has 3 amide bonds. The van der Waals surface area contributed by atoms with Gasteiger partial charge >= 0.3 is 12.0 Å². The number of methoxy groups -OCH3 is 1. The van der Waals surface area contributed by atoms with Crippen molar-refractivity contribution in [3.8, 4) is 11.4 Å². The van der Waals surface area contributed by atoms with E-state index in [-0.39, 0.29) is 25.7 Å². The second-order valence-corrected chi connectivity index (χ2v) is 14.8. The number of aliphatic carboxylic acids is 1. The number of morpholine rings is 1. The van der Waals surface area contributed by atoms with E-state index in [0.29, 0.717) is 72.5 Å². The van der Waals surface area contributed by atoms with Gasteiger partial charge in [0.05, 0.1) is 47.2 Å². The predicted octanol–water partition coefficient (Wildman–Crippen LogP) is 4.03. The van der Waals surface area contributed by atoms with Crippen LogP contribution in [0.4, 0.5) is 4.79 Å². The van der Waals surface area contributed by atoms with E-state index in [1.165, 1.54) is 23.0 Å². The Morgan fingerprint density at radius 2 is 1.85 bits per heavy atom. The minimum absolute atomic E-state index is 0.0549. The van der Waals surface area contributed by atoms with Crippen molar-refractivity contribution in [3.63, 3.8) is 0 Å². The second kappa shape index (κ2) is 15.9. The highest BCUT2D eigenvalue weighted by Crippen LogP contribution is 2.42. The van der Waals surface area contributed by atoms with Crippen molar-refractivity contribution >= 4 is 41.1 Å². The number of piperidine rings is 1. The number of halogens is 2. The zero-order valence-corrected chi connectivity index (χ0v) is 31.2. The number of carboxylic acid groups (broad SMARTS) is 1. The molecule has 3 saturated heterocycles. The van der Waals surface area contributed by atoms with E-state index in [0.717, 1.165) is 24.1 Å². The fraction of sp³-hybridized carbons (Fsp3) is 0.432. The maximum Gasteiger partial charge on any atom is 0.328 e. The fourth-order valence-corrected chi connectivity index (χ4v) is 8.20. The largest absolute Gasteiger partial charge is 0.496 e. The first kappa shape index (κ1) is 37.5. The molecule has 0 radical (unpaired) electrons. The van der Waals surface area contributed by atoms with Gasteiger partial charge in [-0.2, -0.15) is 0 Å². The lowest BCUT2D eigenvalue weighted by Crippen LogP contribution is -2.61. The van der Waals surface area contributed by atoms with Gasteiger partial charge in [-0.15, -0.1) is 5.10 Å². The number of likely N-dealkylation sites (tertiary alicyclic amines) is 2. The van der Waals surface area contributed by atoms with Crippen LogP contribution in [0.15, 0.2) is 67.3 Å². The third kappa shape index (κ3) is 7.58. The van der Waals surface area contributed by atoms with Crippen molar-refractivity contribution in [1.82, 2.24) is 45.2 Å². The summed E-state index contributed by atoms with van der Waals surface area (Å²) in [5, 5.41) is 25.3. The number of amides is 3. The quantitative estimate of drug-likeness (QED) is 0.239. The van der Waals surface area contributed by atoms with Gasteiger partial charge in [-0.25, -0.2) is 14.3 Å². The van der Waals surface area contributed by atoms with Gasteiger partial charge in [-0.1, -0.05) is 35.3 Å². The molecule has 2 aromatic carbocycles. The number of carboxylic acids is 1. The van der Waals surface area contributed by atoms with Crippen molar-refractivity contribution in [2.75, 3.05) is 59.6 Å². The average Bonchev–Trinajstić information content (AvgIpc) is 3.91. The molecule has 2 aromatic heterocycles. The number of aromatic nitrogens is 5. The lowest BCUT2D eigenvalue weighted by Gasteiger charge is -2.45. The number of carbonyl (C=O) groups is 3. The van der Waals surface area contributed by atoms with Crippen LogP contribution in [0.3, 0.4) is 0 Å². The van der Waals surface area contributed by atoms with E-state index in [1.807, 2.05) is 29.2 Å². The van der Waals surface area contributed by atoms with E-state index in [2.05, 4.69) is 30.7 Å². The molecule has 2 unspecified atom stereocenters. The van der Waals surface area contributed by atoms with Crippen LogP contribution in [0.2, 0.25) is 10.0 Å². The van der Waals surface area contributed by atoms with E-state index in [1.54, 1.807) is 36.7 Å². The number of hydrogen-bond donors (Lipinski definition) is 2. The summed E-state index contributed by atoms with van der Waals surface area (Å²) >= 11 is 12.9. The minimum Gasteiger partial charge on any atom is -0.496 e. The van der Waals surface area contributed by atoms with Crippen LogP contribution < -0.4 is 10.1 Å². The lowest BCUT2D eigenvalue weighted by atomic mass is 9.76. The van der Waals surface area contributed by atoms with E-state index in [9.17, 15) is 19.5 Å². The van der Waals surface area contributed by atoms with Gasteiger partial charge < -0.3 is 34.6 Å². The molecule has 54 heavy (non-hydrogen) atoms. The number of tetrazole rings is 1. The zero-order valence-electron chi connectivity index (χ0n) is 29.7. The normalized spacial score (nSPS) is 21.5. The Hall–Kier alpha value is -4.83. The smallest absolute Gasteiger partial charge is 0.328 e. The summed E-state index contributed by atoms with van der Waals surface area (Å²) in [7, 11) is 1.54. The van der Waals surface area contributed by atoms with Gasteiger partial charge in [0, 0.05) is 50.5 Å². The Balaban J connectivity index is 1.09. The number of benzene rings is 2. The summed E-state index contributed by atoms with van der Waals surface area (Å²) in [4.78, 5) is 49.8. The third-order valence-electron chi connectivity index (χ3n) is 11.1. The summed E-state index contributed by atoms with van der Waals surface area (Å²) in [6, 6.07) is 13.3. The number of rotatable bonds is 10. The number of ether oxygens (including phenoxy) is 2. The van der Waals surface area contributed by atoms with Crippen LogP contribution >= 0.6 is 23.2 Å². The van der Waals surface area contributed by atoms with Crippen molar-refractivity contribution in [2.24, 2.45) is 0 Å². The molecule has 2 N–H and O–H groups in total. The summed E-state index contributed by atoms with van der Waals surface area (Å²) in [5.41, 5.74) is 1.76. The zero-order chi connectivity index (χ0) is 37.9. The SMILES string of the molecule is COc1ccc(-n2cnnn2)cc1C(=O)N1CCC(CCN2CCC(NC(=O)N3CCOCC3C(=O)O)(c3cccnc3)CC2)(c2ccc(Cl)c(Cl)c2)C1. The van der Waals surface area contributed by atoms with Crippen molar-refractivity contribution in [1.29, 1.82) is 0 Å². The van der Waals surface area contributed by atoms with Gasteiger partial charge in [0.1, 0.15) is 12.1 Å². The topological polar surface area (TPSA) is 168 Å². The first-order valence-corrected chi connectivity index (χ1v) is 18.6. The van der Waals surface area contributed by atoms with Gasteiger partial charge in [0.2, 0.25) is 0 Å². The molecule has 3 aliphatic heterocycles. The number of nitrogens with zero attached hydrogens (tertiary/aromatic N) is 8. The van der Waals surface area contributed by atoms with Gasteiger partial charge in [-0.3, -0.25) is 9.78 Å². The lowest BCUT2D eigenvalue weighted by molar-refractivity contribution is -0.147. The fourth-order valence-electron chi connectivity index (χ4n) is 7.90. The molecule has 284 valence electrons. The molecule has 15 nitrogen and oxygen atoms in total. The molecule has 0 saturated carbocycles. The van der Waals surface area contributed by atoms with Crippen molar-refractivity contribution in [2.45, 2.75) is 42.7 Å². The maximum atomic E-state index is 14.2. The molecule has 7 rings (SSSR count). The van der Waals surface area contributed by atoms with Gasteiger partial charge in [-0.05, 0) is 90.2 Å². The van der Waals surface area contributed by atoms with Gasteiger partial charge in [0.25, 0.3) is 5.91 Å². The Morgan fingerprint density at radius 3 is 2.56 bits per heavy atom. The Kier molecular flexibility index (Phi) is 11.0. The summed E-state index contributed by atoms with van der Waals surface area (Å²) in [6.07, 6.45) is 7.55. The van der Waals surface area contributed by atoms with Crippen LogP contribution in [0.25, 0.3) is 5.69 Å². The molecule has 2 atom stereocenters. The molecular formula is C37H41Cl2N9O6. The maximum absolute atomic E-state index is 14.2. The van der Waals surface area contributed by atoms with E-state index < -0.39 is 29.0 Å². The Morgan fingerprint density at radius 1 is 1.02 bits per heavy atom. The average molecular weight is 779 g/mol. The summed E-state index contributed by atoms with van der Waals surface area (Å²) in [6.45, 7) is 3.44.